The highest BCUT2D eigenvalue weighted by molar-refractivity contribution is 6.42. The molecule has 0 fully saturated rings. The van der Waals surface area contributed by atoms with Gasteiger partial charge >= 0.3 is 11.8 Å². The van der Waals surface area contributed by atoms with E-state index in [1.165, 1.54) is 6.21 Å². The maximum Gasteiger partial charge on any atom is 0.329 e. The molecule has 0 heterocycles. The van der Waals surface area contributed by atoms with Gasteiger partial charge in [-0.25, -0.2) is 5.43 Å². The molecule has 2 N–H and O–H groups in total. The summed E-state index contributed by atoms with van der Waals surface area (Å²) in [6.45, 7) is 3.74. The van der Waals surface area contributed by atoms with Crippen LogP contribution in [0.2, 0.25) is 10.0 Å². The molecule has 2 rings (SSSR count). The summed E-state index contributed by atoms with van der Waals surface area (Å²) in [5.41, 5.74) is 5.23. The molecule has 7 heteroatoms. The van der Waals surface area contributed by atoms with Crippen LogP contribution in [0.3, 0.4) is 0 Å². The monoisotopic (exact) mass is 363 g/mol. The Morgan fingerprint density at radius 3 is 2.46 bits per heavy atom. The first-order chi connectivity index (χ1) is 11.4. The molecule has 0 aliphatic carbocycles. The summed E-state index contributed by atoms with van der Waals surface area (Å²) in [7, 11) is 0. The van der Waals surface area contributed by atoms with Crippen LogP contribution in [0.4, 0.5) is 5.69 Å². The Morgan fingerprint density at radius 2 is 1.75 bits per heavy atom. The summed E-state index contributed by atoms with van der Waals surface area (Å²) in [6, 6.07) is 10.5. The smallest absolute Gasteiger partial charge is 0.317 e. The van der Waals surface area contributed by atoms with Crippen molar-refractivity contribution < 1.29 is 9.59 Å². The van der Waals surface area contributed by atoms with Gasteiger partial charge in [0.2, 0.25) is 0 Å². The molecule has 0 aliphatic rings. The maximum absolute atomic E-state index is 11.9. The van der Waals surface area contributed by atoms with Crippen LogP contribution in [0.1, 0.15) is 16.7 Å². The zero-order chi connectivity index (χ0) is 17.7. The Morgan fingerprint density at radius 1 is 1.00 bits per heavy atom. The third-order valence-electron chi connectivity index (χ3n) is 3.17. The van der Waals surface area contributed by atoms with E-state index in [1.807, 2.05) is 26.0 Å². The molecule has 0 saturated heterocycles. The van der Waals surface area contributed by atoms with Gasteiger partial charge in [-0.15, -0.1) is 0 Å². The number of rotatable bonds is 3. The predicted octanol–water partition coefficient (Wildman–Crippen LogP) is 3.70. The molecule has 0 radical (unpaired) electrons. The van der Waals surface area contributed by atoms with Crippen molar-refractivity contribution >= 4 is 46.9 Å². The second-order valence-electron chi connectivity index (χ2n) is 5.15. The normalized spacial score (nSPS) is 10.7. The van der Waals surface area contributed by atoms with Crippen molar-refractivity contribution in [1.29, 1.82) is 0 Å². The number of carbonyl (C=O) groups is 2. The van der Waals surface area contributed by atoms with Crippen LogP contribution >= 0.6 is 23.2 Å². The molecule has 0 saturated carbocycles. The van der Waals surface area contributed by atoms with Crippen molar-refractivity contribution in [1.82, 2.24) is 5.43 Å². The lowest BCUT2D eigenvalue weighted by Crippen LogP contribution is -2.32. The lowest BCUT2D eigenvalue weighted by molar-refractivity contribution is -0.136. The molecule has 0 atom stereocenters. The summed E-state index contributed by atoms with van der Waals surface area (Å²) in [6.07, 6.45) is 1.37. The number of hydrogen-bond donors (Lipinski definition) is 2. The lowest BCUT2D eigenvalue weighted by atomic mass is 10.1. The highest BCUT2D eigenvalue weighted by Gasteiger charge is 2.14. The standard InChI is InChI=1S/C17H15Cl2N3O2/c1-10-3-4-11(2)15(7-10)21-16(23)17(24)22-20-9-12-5-6-13(18)14(19)8-12/h3-9H,1-2H3,(H,21,23)(H,22,24)/b20-9-. The van der Waals surface area contributed by atoms with E-state index in [1.54, 1.807) is 24.3 Å². The number of hydrogen-bond acceptors (Lipinski definition) is 3. The van der Waals surface area contributed by atoms with E-state index in [2.05, 4.69) is 15.8 Å². The highest BCUT2D eigenvalue weighted by atomic mass is 35.5. The zero-order valence-electron chi connectivity index (χ0n) is 13.1. The van der Waals surface area contributed by atoms with Crippen molar-refractivity contribution in [3.05, 3.63) is 63.1 Å². The van der Waals surface area contributed by atoms with E-state index in [0.29, 0.717) is 21.3 Å². The van der Waals surface area contributed by atoms with Crippen molar-refractivity contribution in [2.45, 2.75) is 13.8 Å². The number of aryl methyl sites for hydroxylation is 2. The van der Waals surface area contributed by atoms with Gasteiger partial charge in [-0.3, -0.25) is 9.59 Å². The van der Waals surface area contributed by atoms with Crippen LogP contribution in [0, 0.1) is 13.8 Å². The SMILES string of the molecule is Cc1ccc(C)c(NC(=O)C(=O)N/N=C\c2ccc(Cl)c(Cl)c2)c1. The van der Waals surface area contributed by atoms with E-state index in [-0.39, 0.29) is 0 Å². The molecule has 0 aromatic heterocycles. The fourth-order valence-corrected chi connectivity index (χ4v) is 2.17. The second kappa shape index (κ2) is 7.95. The molecular weight excluding hydrogens is 349 g/mol. The number of nitrogens with zero attached hydrogens (tertiary/aromatic N) is 1. The van der Waals surface area contributed by atoms with Crippen molar-refractivity contribution in [3.8, 4) is 0 Å². The average Bonchev–Trinajstić information content (AvgIpc) is 2.54. The van der Waals surface area contributed by atoms with Gasteiger partial charge in [0.05, 0.1) is 16.3 Å². The van der Waals surface area contributed by atoms with E-state index in [9.17, 15) is 9.59 Å². The lowest BCUT2D eigenvalue weighted by Gasteiger charge is -2.08. The quantitative estimate of drug-likeness (QED) is 0.495. The number of halogens is 2. The molecule has 2 aromatic rings. The first-order valence-corrected chi connectivity index (χ1v) is 7.79. The first kappa shape index (κ1) is 18.0. The number of carbonyl (C=O) groups excluding carboxylic acids is 2. The minimum absolute atomic E-state index is 0.375. The topological polar surface area (TPSA) is 70.6 Å². The Labute approximate surface area is 149 Å². The van der Waals surface area contributed by atoms with Crippen LogP contribution in [0.25, 0.3) is 0 Å². The van der Waals surface area contributed by atoms with Gasteiger partial charge in [0.25, 0.3) is 0 Å². The largest absolute Gasteiger partial charge is 0.329 e. The summed E-state index contributed by atoms with van der Waals surface area (Å²) < 4.78 is 0. The van der Waals surface area contributed by atoms with Crippen LogP contribution in [-0.4, -0.2) is 18.0 Å². The molecule has 5 nitrogen and oxygen atoms in total. The minimum Gasteiger partial charge on any atom is -0.317 e. The number of amides is 2. The highest BCUT2D eigenvalue weighted by Crippen LogP contribution is 2.21. The van der Waals surface area contributed by atoms with Crippen molar-refractivity contribution in [3.63, 3.8) is 0 Å². The predicted molar refractivity (Wildman–Crippen MR) is 96.7 cm³/mol. The Balaban J connectivity index is 1.96. The molecule has 124 valence electrons. The Kier molecular flexibility index (Phi) is 5.95. The molecule has 0 spiro atoms. The fourth-order valence-electron chi connectivity index (χ4n) is 1.86. The number of anilines is 1. The second-order valence-corrected chi connectivity index (χ2v) is 5.96. The number of hydrazone groups is 1. The average molecular weight is 364 g/mol. The van der Waals surface area contributed by atoms with E-state index in [0.717, 1.165) is 11.1 Å². The van der Waals surface area contributed by atoms with E-state index >= 15 is 0 Å². The summed E-state index contributed by atoms with van der Waals surface area (Å²) >= 11 is 11.7. The molecule has 24 heavy (non-hydrogen) atoms. The van der Waals surface area contributed by atoms with Gasteiger partial charge in [0.1, 0.15) is 0 Å². The van der Waals surface area contributed by atoms with E-state index in [4.69, 9.17) is 23.2 Å². The van der Waals surface area contributed by atoms with Crippen molar-refractivity contribution in [2.75, 3.05) is 5.32 Å². The number of benzene rings is 2. The van der Waals surface area contributed by atoms with Gasteiger partial charge < -0.3 is 5.32 Å². The third kappa shape index (κ3) is 4.81. The summed E-state index contributed by atoms with van der Waals surface area (Å²) in [5, 5.41) is 7.08. The molecule has 2 aromatic carbocycles. The Bertz CT molecular complexity index is 819. The van der Waals surface area contributed by atoms with Crippen LogP contribution in [0.15, 0.2) is 41.5 Å². The molecule has 0 aliphatic heterocycles. The third-order valence-corrected chi connectivity index (χ3v) is 3.91. The Hall–Kier alpha value is -2.37. The van der Waals surface area contributed by atoms with Gasteiger partial charge in [0, 0.05) is 5.69 Å². The minimum atomic E-state index is -0.868. The maximum atomic E-state index is 11.9. The fraction of sp³-hybridized carbons (Fsp3) is 0.118. The van der Waals surface area contributed by atoms with Gasteiger partial charge in [0.15, 0.2) is 0 Å². The molecule has 0 unspecified atom stereocenters. The van der Waals surface area contributed by atoms with E-state index < -0.39 is 11.8 Å². The summed E-state index contributed by atoms with van der Waals surface area (Å²) in [4.78, 5) is 23.7. The van der Waals surface area contributed by atoms with Crippen molar-refractivity contribution in [2.24, 2.45) is 5.10 Å². The van der Waals surface area contributed by atoms with Gasteiger partial charge in [-0.1, -0.05) is 41.4 Å². The number of nitrogens with one attached hydrogen (secondary N) is 2. The molecular formula is C17H15Cl2N3O2. The molecule has 0 bridgehead atoms. The van der Waals surface area contributed by atoms with Crippen LogP contribution in [0.5, 0.6) is 0 Å². The van der Waals surface area contributed by atoms with Crippen LogP contribution < -0.4 is 10.7 Å². The van der Waals surface area contributed by atoms with Crippen LogP contribution in [-0.2, 0) is 9.59 Å². The first-order valence-electron chi connectivity index (χ1n) is 7.03. The molecule has 2 amide bonds. The zero-order valence-corrected chi connectivity index (χ0v) is 14.6. The summed E-state index contributed by atoms with van der Waals surface area (Å²) in [5.74, 6) is -1.66. The van der Waals surface area contributed by atoms with Gasteiger partial charge in [-0.2, -0.15) is 5.10 Å². The van der Waals surface area contributed by atoms with Gasteiger partial charge in [-0.05, 0) is 48.7 Å².